The van der Waals surface area contributed by atoms with Gasteiger partial charge in [-0.25, -0.2) is 0 Å². The van der Waals surface area contributed by atoms with E-state index >= 15 is 0 Å². The first kappa shape index (κ1) is 14.6. The fourth-order valence-corrected chi connectivity index (χ4v) is 2.84. The van der Waals surface area contributed by atoms with Crippen molar-refractivity contribution in [3.05, 3.63) is 35.4 Å². The predicted molar refractivity (Wildman–Crippen MR) is 79.4 cm³/mol. The zero-order valence-corrected chi connectivity index (χ0v) is 12.1. The SMILES string of the molecule is C[C@@H]1CCC[C@H](C)N1C(=O)c1cccc(C#CCO)c1. The molecule has 1 aliphatic heterocycles. The number of carbonyl (C=O) groups is 1. The smallest absolute Gasteiger partial charge is 0.254 e. The van der Waals surface area contributed by atoms with Gasteiger partial charge in [0, 0.05) is 23.2 Å². The van der Waals surface area contributed by atoms with Crippen LogP contribution < -0.4 is 0 Å². The molecule has 1 N–H and O–H groups in total. The van der Waals surface area contributed by atoms with Crippen molar-refractivity contribution < 1.29 is 9.90 Å². The molecule has 1 fully saturated rings. The quantitative estimate of drug-likeness (QED) is 0.797. The molecule has 3 nitrogen and oxygen atoms in total. The Kier molecular flexibility index (Phi) is 4.81. The monoisotopic (exact) mass is 271 g/mol. The molecule has 20 heavy (non-hydrogen) atoms. The van der Waals surface area contributed by atoms with Gasteiger partial charge in [-0.1, -0.05) is 17.9 Å². The Morgan fingerprint density at radius 2 is 2.05 bits per heavy atom. The third kappa shape index (κ3) is 3.20. The van der Waals surface area contributed by atoms with Crippen LogP contribution in [0, 0.1) is 11.8 Å². The van der Waals surface area contributed by atoms with E-state index in [2.05, 4.69) is 25.7 Å². The number of hydrogen-bond acceptors (Lipinski definition) is 2. The van der Waals surface area contributed by atoms with Crippen molar-refractivity contribution >= 4 is 5.91 Å². The maximum absolute atomic E-state index is 12.7. The van der Waals surface area contributed by atoms with Gasteiger partial charge in [0.05, 0.1) is 0 Å². The molecule has 0 spiro atoms. The van der Waals surface area contributed by atoms with Crippen molar-refractivity contribution in [2.45, 2.75) is 45.2 Å². The first-order valence-electron chi connectivity index (χ1n) is 7.16. The molecule has 0 unspecified atom stereocenters. The van der Waals surface area contributed by atoms with Gasteiger partial charge in [-0.3, -0.25) is 4.79 Å². The van der Waals surface area contributed by atoms with E-state index in [9.17, 15) is 4.79 Å². The Labute approximate surface area is 120 Å². The lowest BCUT2D eigenvalue weighted by Gasteiger charge is -2.39. The summed E-state index contributed by atoms with van der Waals surface area (Å²) in [4.78, 5) is 14.7. The number of nitrogens with zero attached hydrogens (tertiary/aromatic N) is 1. The third-order valence-electron chi connectivity index (χ3n) is 3.85. The lowest BCUT2D eigenvalue weighted by molar-refractivity contribution is 0.0510. The van der Waals surface area contributed by atoms with Crippen molar-refractivity contribution in [3.63, 3.8) is 0 Å². The molecule has 1 aliphatic rings. The van der Waals surface area contributed by atoms with Gasteiger partial charge in [0.25, 0.3) is 5.91 Å². The van der Waals surface area contributed by atoms with Crippen LogP contribution in [0.1, 0.15) is 49.0 Å². The molecular weight excluding hydrogens is 250 g/mol. The Morgan fingerprint density at radius 1 is 1.35 bits per heavy atom. The lowest BCUT2D eigenvalue weighted by Crippen LogP contribution is -2.47. The first-order chi connectivity index (χ1) is 9.63. The van der Waals surface area contributed by atoms with E-state index in [0.717, 1.165) is 18.4 Å². The van der Waals surface area contributed by atoms with Crippen molar-refractivity contribution in [2.75, 3.05) is 6.61 Å². The van der Waals surface area contributed by atoms with E-state index < -0.39 is 0 Å². The van der Waals surface area contributed by atoms with E-state index in [-0.39, 0.29) is 12.5 Å². The van der Waals surface area contributed by atoms with Gasteiger partial charge >= 0.3 is 0 Å². The Bertz CT molecular complexity index is 531. The lowest BCUT2D eigenvalue weighted by atomic mass is 9.96. The van der Waals surface area contributed by atoms with E-state index in [4.69, 9.17) is 5.11 Å². The zero-order valence-electron chi connectivity index (χ0n) is 12.1. The number of benzene rings is 1. The van der Waals surface area contributed by atoms with Gasteiger partial charge in [-0.05, 0) is 51.3 Å². The van der Waals surface area contributed by atoms with Gasteiger partial charge in [0.1, 0.15) is 6.61 Å². The predicted octanol–water partition coefficient (Wildman–Crippen LogP) is 2.43. The minimum Gasteiger partial charge on any atom is -0.384 e. The maximum atomic E-state index is 12.7. The molecule has 1 aromatic carbocycles. The second-order valence-electron chi connectivity index (χ2n) is 5.38. The molecule has 1 amide bonds. The molecular formula is C17H21NO2. The van der Waals surface area contributed by atoms with Gasteiger partial charge in [-0.15, -0.1) is 0 Å². The van der Waals surface area contributed by atoms with Crippen LogP contribution in [-0.2, 0) is 0 Å². The molecule has 2 rings (SSSR count). The highest BCUT2D eigenvalue weighted by Gasteiger charge is 2.29. The topological polar surface area (TPSA) is 40.5 Å². The van der Waals surface area contributed by atoms with E-state index in [0.29, 0.717) is 17.6 Å². The fourth-order valence-electron chi connectivity index (χ4n) is 2.84. The summed E-state index contributed by atoms with van der Waals surface area (Å²) in [5.74, 6) is 5.53. The third-order valence-corrected chi connectivity index (χ3v) is 3.85. The number of aliphatic hydroxyl groups excluding tert-OH is 1. The summed E-state index contributed by atoms with van der Waals surface area (Å²) >= 11 is 0. The Hall–Kier alpha value is -1.79. The second-order valence-corrected chi connectivity index (χ2v) is 5.38. The number of piperidine rings is 1. The average molecular weight is 271 g/mol. The van der Waals surface area contributed by atoms with Crippen LogP contribution in [-0.4, -0.2) is 34.6 Å². The number of hydrogen-bond donors (Lipinski definition) is 1. The van der Waals surface area contributed by atoms with E-state index in [1.54, 1.807) is 6.07 Å². The first-order valence-corrected chi connectivity index (χ1v) is 7.16. The largest absolute Gasteiger partial charge is 0.384 e. The van der Waals surface area contributed by atoms with Crippen molar-refractivity contribution in [1.29, 1.82) is 0 Å². The van der Waals surface area contributed by atoms with Crippen LogP contribution in [0.3, 0.4) is 0 Å². The maximum Gasteiger partial charge on any atom is 0.254 e. The number of carbonyl (C=O) groups excluding carboxylic acids is 1. The molecule has 0 saturated carbocycles. The number of aliphatic hydroxyl groups is 1. The van der Waals surface area contributed by atoms with E-state index in [1.165, 1.54) is 6.42 Å². The highest BCUT2D eigenvalue weighted by atomic mass is 16.2. The number of amides is 1. The summed E-state index contributed by atoms with van der Waals surface area (Å²) in [6.07, 6.45) is 3.33. The van der Waals surface area contributed by atoms with E-state index in [1.807, 2.05) is 23.1 Å². The van der Waals surface area contributed by atoms with Crippen LogP contribution in [0.15, 0.2) is 24.3 Å². The minimum atomic E-state index is -0.168. The molecule has 1 heterocycles. The van der Waals surface area contributed by atoms with Crippen LogP contribution in [0.4, 0.5) is 0 Å². The average Bonchev–Trinajstić information content (AvgIpc) is 2.45. The number of rotatable bonds is 1. The summed E-state index contributed by atoms with van der Waals surface area (Å²) < 4.78 is 0. The fraction of sp³-hybridized carbons (Fsp3) is 0.471. The molecule has 1 saturated heterocycles. The Balaban J connectivity index is 2.24. The minimum absolute atomic E-state index is 0.0809. The summed E-state index contributed by atoms with van der Waals surface area (Å²) in [6, 6.07) is 7.91. The molecule has 106 valence electrons. The van der Waals surface area contributed by atoms with Gasteiger partial charge < -0.3 is 10.0 Å². The standard InChI is InChI=1S/C17H21NO2/c1-13-6-3-7-14(2)18(13)17(20)16-10-4-8-15(12-16)9-5-11-19/h4,8,10,12-14,19H,3,6-7,11H2,1-2H3/t13-,14+. The van der Waals surface area contributed by atoms with Crippen LogP contribution in [0.25, 0.3) is 0 Å². The van der Waals surface area contributed by atoms with Crippen LogP contribution in [0.2, 0.25) is 0 Å². The highest BCUT2D eigenvalue weighted by molar-refractivity contribution is 5.95. The molecule has 0 bridgehead atoms. The zero-order chi connectivity index (χ0) is 14.5. The van der Waals surface area contributed by atoms with Crippen LogP contribution in [0.5, 0.6) is 0 Å². The van der Waals surface area contributed by atoms with Crippen molar-refractivity contribution in [2.24, 2.45) is 0 Å². The van der Waals surface area contributed by atoms with Crippen molar-refractivity contribution in [3.8, 4) is 11.8 Å². The van der Waals surface area contributed by atoms with Crippen LogP contribution >= 0.6 is 0 Å². The summed E-state index contributed by atoms with van der Waals surface area (Å²) in [5, 5.41) is 8.73. The summed E-state index contributed by atoms with van der Waals surface area (Å²) in [7, 11) is 0. The van der Waals surface area contributed by atoms with Gasteiger partial charge in [0.2, 0.25) is 0 Å². The highest BCUT2D eigenvalue weighted by Crippen LogP contribution is 2.24. The molecule has 0 aliphatic carbocycles. The molecule has 1 aromatic rings. The van der Waals surface area contributed by atoms with Gasteiger partial charge in [-0.2, -0.15) is 0 Å². The Morgan fingerprint density at radius 3 is 2.70 bits per heavy atom. The second kappa shape index (κ2) is 6.58. The molecule has 2 atom stereocenters. The molecule has 3 heteroatoms. The normalized spacial score (nSPS) is 22.1. The van der Waals surface area contributed by atoms with Gasteiger partial charge in [0.15, 0.2) is 0 Å². The number of likely N-dealkylation sites (tertiary alicyclic amines) is 1. The van der Waals surface area contributed by atoms with Crippen molar-refractivity contribution in [1.82, 2.24) is 4.90 Å². The molecule has 0 aromatic heterocycles. The summed E-state index contributed by atoms with van der Waals surface area (Å²) in [5.41, 5.74) is 1.44. The molecule has 0 radical (unpaired) electrons. The summed E-state index contributed by atoms with van der Waals surface area (Å²) in [6.45, 7) is 4.06.